The first-order valence-corrected chi connectivity index (χ1v) is 11.6. The summed E-state index contributed by atoms with van der Waals surface area (Å²) in [7, 11) is 0. The molecule has 1 atom stereocenters. The highest BCUT2D eigenvalue weighted by Gasteiger charge is 2.43. The van der Waals surface area contributed by atoms with Crippen LogP contribution in [0, 0.1) is 11.3 Å². The van der Waals surface area contributed by atoms with Crippen LogP contribution in [-0.4, -0.2) is 56.6 Å². The van der Waals surface area contributed by atoms with Crippen molar-refractivity contribution < 1.29 is 34.4 Å². The monoisotopic (exact) mass is 519 g/mol. The Bertz CT molecular complexity index is 1190. The van der Waals surface area contributed by atoms with Gasteiger partial charge >= 0.3 is 0 Å². The van der Waals surface area contributed by atoms with Crippen LogP contribution >= 0.6 is 23.1 Å². The largest absolute Gasteiger partial charge is 0.543 e. The lowest BCUT2D eigenvalue weighted by Gasteiger charge is -2.45. The second-order valence-electron chi connectivity index (χ2n) is 6.83. The van der Waals surface area contributed by atoms with Crippen molar-refractivity contribution in [2.45, 2.75) is 18.3 Å². The predicted molar refractivity (Wildman–Crippen MR) is 124 cm³/mol. The van der Waals surface area contributed by atoms with E-state index in [-0.39, 0.29) is 40.5 Å². The number of nitrogen functional groups attached to an aromatic ring is 1. The maximum Gasteiger partial charge on any atom is 0.273 e. The molecule has 2 aliphatic rings. The third kappa shape index (κ3) is 6.76. The minimum atomic E-state index is -1.26. The van der Waals surface area contributed by atoms with Gasteiger partial charge in [0, 0.05) is 28.8 Å². The summed E-state index contributed by atoms with van der Waals surface area (Å²) in [6, 6.07) is 7.36. The van der Waals surface area contributed by atoms with Crippen molar-refractivity contribution in [3.63, 3.8) is 0 Å². The summed E-state index contributed by atoms with van der Waals surface area (Å²) in [4.78, 5) is 43.5. The van der Waals surface area contributed by atoms with Gasteiger partial charge in [0.25, 0.3) is 5.91 Å². The van der Waals surface area contributed by atoms with Gasteiger partial charge in [-0.1, -0.05) is 11.2 Å². The van der Waals surface area contributed by atoms with E-state index in [0.29, 0.717) is 23.8 Å². The fraction of sp³-hybridized carbons (Fsp3) is 0.250. The van der Waals surface area contributed by atoms with Crippen LogP contribution in [0.15, 0.2) is 52.4 Å². The molecule has 0 unspecified atom stereocenters. The number of carbonyl (C=O) groups excluding carboxylic acids is 3. The lowest BCUT2D eigenvalue weighted by molar-refractivity contribution is -0.689. The number of carbonyl (C=O) groups is 3. The van der Waals surface area contributed by atoms with Crippen LogP contribution in [0.25, 0.3) is 0 Å². The van der Waals surface area contributed by atoms with Crippen molar-refractivity contribution in [3.05, 3.63) is 52.9 Å². The number of nitriles is 1. The molecule has 184 valence electrons. The van der Waals surface area contributed by atoms with Gasteiger partial charge < -0.3 is 31.7 Å². The van der Waals surface area contributed by atoms with Crippen LogP contribution < -0.4 is 21.1 Å². The molecule has 0 saturated carbocycles. The number of carboxylic acid groups (broad SMARTS) is 1. The Labute approximate surface area is 207 Å². The normalized spacial score (nSPS) is 16.5. The molecule has 0 bridgehead atoms. The standard InChI is InChI=1S/C13H12N2O3S.C7H7N5O2S.H2O/c16-10-6-11-15(10)12(13(17)18)9(8-19-11)7-14-4-2-1-3-5-14;8-1-2-14-12-5(6(9)13)4-3-15-7(10)11-4;/h1-5,11H,6-8H2;3H,2H2,(H2,9,13)(H2,10,11);1H2/t11-;;/m0../s1. The Hall–Kier alpha value is -4.00. The molecule has 13 nitrogen and oxygen atoms in total. The molecule has 1 fully saturated rings. The number of carboxylic acids is 1. The molecule has 1 saturated heterocycles. The molecule has 0 spiro atoms. The highest BCUT2D eigenvalue weighted by molar-refractivity contribution is 8.00. The molecule has 2 aliphatic heterocycles. The molecule has 2 amide bonds. The third-order valence-electron chi connectivity index (χ3n) is 4.56. The van der Waals surface area contributed by atoms with Crippen LogP contribution in [0.3, 0.4) is 0 Å². The first kappa shape index (κ1) is 27.2. The summed E-state index contributed by atoms with van der Waals surface area (Å²) in [6.07, 6.45) is 4.16. The van der Waals surface area contributed by atoms with Gasteiger partial charge in [0.1, 0.15) is 11.8 Å². The van der Waals surface area contributed by atoms with E-state index in [9.17, 15) is 19.5 Å². The second kappa shape index (κ2) is 12.5. The predicted octanol–water partition coefficient (Wildman–Crippen LogP) is -2.09. The van der Waals surface area contributed by atoms with Gasteiger partial charge in [-0.3, -0.25) is 14.5 Å². The molecular formula is C20H21N7O6S2. The van der Waals surface area contributed by atoms with E-state index >= 15 is 0 Å². The average Bonchev–Trinajstić information content (AvgIpc) is 3.23. The molecule has 0 aliphatic carbocycles. The summed E-state index contributed by atoms with van der Waals surface area (Å²) in [5.74, 6) is -1.56. The number of anilines is 1. The van der Waals surface area contributed by atoms with Crippen molar-refractivity contribution in [2.75, 3.05) is 18.1 Å². The number of aromatic nitrogens is 2. The van der Waals surface area contributed by atoms with Crippen LogP contribution in [0.2, 0.25) is 0 Å². The highest BCUT2D eigenvalue weighted by Crippen LogP contribution is 2.39. The number of rotatable bonds is 7. The first-order valence-electron chi connectivity index (χ1n) is 9.71. The van der Waals surface area contributed by atoms with Gasteiger partial charge in [0.05, 0.1) is 23.5 Å². The number of fused-ring (bicyclic) bond motifs is 1. The number of pyridine rings is 1. The Morgan fingerprint density at radius 1 is 1.37 bits per heavy atom. The molecular weight excluding hydrogens is 498 g/mol. The number of primary amides is 1. The zero-order valence-corrected chi connectivity index (χ0v) is 19.8. The SMILES string of the molecule is N#CCON=C(C(N)=O)c1csc(N)n1.O.O=C([O-])C1=C(C[n+]2ccccc2)CS[C@H]2CC(=O)N12. The summed E-state index contributed by atoms with van der Waals surface area (Å²) in [5, 5.41) is 24.7. The summed E-state index contributed by atoms with van der Waals surface area (Å²) in [6.45, 7) is 0.198. The number of β-lactam (4-membered cyclic amide) rings is 1. The molecule has 2 aromatic heterocycles. The van der Waals surface area contributed by atoms with Crippen LogP contribution in [0.4, 0.5) is 5.13 Å². The number of oxime groups is 1. The Balaban J connectivity index is 0.000000247. The summed E-state index contributed by atoms with van der Waals surface area (Å²) in [5.41, 5.74) is 11.3. The van der Waals surface area contributed by atoms with Gasteiger partial charge in [-0.25, -0.2) is 9.55 Å². The Morgan fingerprint density at radius 3 is 2.63 bits per heavy atom. The van der Waals surface area contributed by atoms with Gasteiger partial charge in [-0.15, -0.1) is 23.1 Å². The van der Waals surface area contributed by atoms with E-state index in [2.05, 4.69) is 15.0 Å². The number of thiazole rings is 1. The van der Waals surface area contributed by atoms with E-state index in [1.54, 1.807) is 17.8 Å². The molecule has 6 N–H and O–H groups in total. The molecule has 35 heavy (non-hydrogen) atoms. The van der Waals surface area contributed by atoms with Crippen LogP contribution in [-0.2, 0) is 25.8 Å². The van der Waals surface area contributed by atoms with Gasteiger partial charge in [0.2, 0.25) is 12.5 Å². The maximum atomic E-state index is 11.6. The first-order chi connectivity index (χ1) is 16.3. The van der Waals surface area contributed by atoms with Crippen molar-refractivity contribution in [2.24, 2.45) is 10.9 Å². The number of hydrogen-bond donors (Lipinski definition) is 2. The summed E-state index contributed by atoms with van der Waals surface area (Å²) < 4.78 is 1.89. The average molecular weight is 520 g/mol. The molecule has 0 aromatic carbocycles. The lowest BCUT2D eigenvalue weighted by atomic mass is 10.1. The lowest BCUT2D eigenvalue weighted by Crippen LogP contribution is -2.56. The highest BCUT2D eigenvalue weighted by atomic mass is 32.2. The minimum absolute atomic E-state index is 0. The smallest absolute Gasteiger partial charge is 0.273 e. The van der Waals surface area contributed by atoms with Crippen LogP contribution in [0.5, 0.6) is 0 Å². The maximum absolute atomic E-state index is 11.6. The Morgan fingerprint density at radius 2 is 2.09 bits per heavy atom. The van der Waals surface area contributed by atoms with Crippen LogP contribution in [0.1, 0.15) is 12.1 Å². The third-order valence-corrected chi connectivity index (χ3v) is 6.51. The van der Waals surface area contributed by atoms with Crippen molar-refractivity contribution >= 4 is 51.7 Å². The van der Waals surface area contributed by atoms with E-state index in [4.69, 9.17) is 16.7 Å². The molecule has 0 radical (unpaired) electrons. The van der Waals surface area contributed by atoms with Gasteiger partial charge in [-0.05, 0) is 0 Å². The number of nitrogens with zero attached hydrogens (tertiary/aromatic N) is 5. The van der Waals surface area contributed by atoms with E-state index in [1.807, 2.05) is 35.2 Å². The Kier molecular flexibility index (Phi) is 9.70. The second-order valence-corrected chi connectivity index (χ2v) is 8.88. The molecule has 2 aromatic rings. The number of amides is 2. The quantitative estimate of drug-likeness (QED) is 0.134. The van der Waals surface area contributed by atoms with Crippen molar-refractivity contribution in [3.8, 4) is 6.07 Å². The minimum Gasteiger partial charge on any atom is -0.543 e. The molecule has 4 rings (SSSR count). The number of aliphatic carboxylic acids is 1. The number of thioether (sulfide) groups is 1. The molecule has 4 heterocycles. The van der Waals surface area contributed by atoms with Crippen molar-refractivity contribution in [1.82, 2.24) is 9.88 Å². The zero-order valence-electron chi connectivity index (χ0n) is 18.1. The van der Waals surface area contributed by atoms with Crippen molar-refractivity contribution in [1.29, 1.82) is 5.26 Å². The van der Waals surface area contributed by atoms with Gasteiger partial charge in [0.15, 0.2) is 29.8 Å². The molecule has 15 heteroatoms. The fourth-order valence-electron chi connectivity index (χ4n) is 3.09. The number of hydrogen-bond acceptors (Lipinski definition) is 11. The van der Waals surface area contributed by atoms with E-state index in [0.717, 1.165) is 16.9 Å². The number of nitrogens with two attached hydrogens (primary N) is 2. The van der Waals surface area contributed by atoms with E-state index < -0.39 is 11.9 Å². The summed E-state index contributed by atoms with van der Waals surface area (Å²) >= 11 is 2.75. The van der Waals surface area contributed by atoms with E-state index in [1.165, 1.54) is 10.3 Å². The fourth-order valence-corrected chi connectivity index (χ4v) is 4.89. The zero-order chi connectivity index (χ0) is 24.7. The van der Waals surface area contributed by atoms with Gasteiger partial charge in [-0.2, -0.15) is 5.26 Å². The topological polar surface area (TPSA) is 223 Å².